The molecule has 346 valence electrons. The summed E-state index contributed by atoms with van der Waals surface area (Å²) in [5.41, 5.74) is 5.85. The van der Waals surface area contributed by atoms with Gasteiger partial charge in [-0.05, 0) is 129 Å². The Labute approximate surface area is 403 Å². The van der Waals surface area contributed by atoms with Crippen molar-refractivity contribution in [1.29, 1.82) is 0 Å². The molecule has 9 aromatic carbocycles. The van der Waals surface area contributed by atoms with Crippen LogP contribution in [0.25, 0.3) is 43.1 Å². The van der Waals surface area contributed by atoms with Gasteiger partial charge in [0.15, 0.2) is 11.5 Å². The first-order valence-corrected chi connectivity index (χ1v) is 24.0. The molecular weight excluding hydrogens is 855 g/mol. The lowest BCUT2D eigenvalue weighted by atomic mass is 9.72. The molecule has 2 aliphatic rings. The van der Waals surface area contributed by atoms with Crippen LogP contribution >= 0.6 is 0 Å². The Morgan fingerprint density at radius 1 is 0.420 bits per heavy atom. The molecule has 0 atom stereocenters. The zero-order valence-electron chi connectivity index (χ0n) is 41.1. The van der Waals surface area contributed by atoms with Crippen LogP contribution in [0.5, 0.6) is 34.5 Å². The van der Waals surface area contributed by atoms with Crippen molar-refractivity contribution in [3.05, 3.63) is 162 Å². The van der Waals surface area contributed by atoms with E-state index < -0.39 is 11.9 Å². The smallest absolute Gasteiger partial charge is 0.346 e. The summed E-state index contributed by atoms with van der Waals surface area (Å²) < 4.78 is 26.0. The van der Waals surface area contributed by atoms with E-state index in [1.807, 2.05) is 60.7 Å². The van der Waals surface area contributed by atoms with Crippen LogP contribution in [0, 0.1) is 10.8 Å². The highest BCUT2D eigenvalue weighted by Crippen LogP contribution is 2.56. The van der Waals surface area contributed by atoms with Crippen molar-refractivity contribution in [2.45, 2.75) is 92.9 Å². The number of benzene rings is 9. The summed E-state index contributed by atoms with van der Waals surface area (Å²) in [5.74, 6) is 2.22. The molecule has 2 aliphatic heterocycles. The molecule has 0 unspecified atom stereocenters. The molecule has 0 saturated carbocycles. The average Bonchev–Trinajstić information content (AvgIpc) is 3.28. The summed E-state index contributed by atoms with van der Waals surface area (Å²) in [5, 5.41) is 6.48. The second kappa shape index (κ2) is 15.6. The standard InChI is InChI=1S/C62H57NO6/c1-59(2,3)34-61(7,8)36-22-26-38(27-23-36)66-50-32-43-53-44(58(65)69-57(43)64)33-51(67-39-28-24-37(25-29-39)62(9,10)35-60(4,5)6)55-42-30-31-45(40-16-15-17-41(52(40)42)54(50)56(53)55)63-46-18-11-13-20-48(46)68-49-21-14-12-19-47(49)63/h11-33H,34-35H2,1-10H3. The minimum atomic E-state index is -0.722. The SMILES string of the molecule is CC(C)(C)CC(C)(C)c1ccc(Oc2cc3c4c(cc(Oc5ccc(C(C)(C)CC(C)(C)C)cc5)c5c6ccc(N7c8ccccc8Oc8ccccc87)c7cccc(c2c45)c76)C(=O)OC3=O)cc1. The number of hydrogen-bond acceptors (Lipinski definition) is 7. The van der Waals surface area contributed by atoms with E-state index in [4.69, 9.17) is 18.9 Å². The van der Waals surface area contributed by atoms with E-state index >= 15 is 0 Å². The Hall–Kier alpha value is -7.38. The molecule has 0 aromatic heterocycles. The lowest BCUT2D eigenvalue weighted by molar-refractivity contribution is 0.0390. The van der Waals surface area contributed by atoms with Gasteiger partial charge in [0.05, 0.1) is 28.2 Å². The van der Waals surface area contributed by atoms with E-state index in [2.05, 4.69) is 141 Å². The summed E-state index contributed by atoms with van der Waals surface area (Å²) in [7, 11) is 0. The summed E-state index contributed by atoms with van der Waals surface area (Å²) in [6.07, 6.45) is 2.00. The van der Waals surface area contributed by atoms with E-state index in [0.29, 0.717) is 33.8 Å². The largest absolute Gasteiger partial charge is 0.457 e. The van der Waals surface area contributed by atoms with Gasteiger partial charge < -0.3 is 23.8 Å². The van der Waals surface area contributed by atoms with Crippen molar-refractivity contribution >= 4 is 72.1 Å². The summed E-state index contributed by atoms with van der Waals surface area (Å²) >= 11 is 0. The van der Waals surface area contributed by atoms with Crippen LogP contribution in [-0.4, -0.2) is 11.9 Å². The molecule has 69 heavy (non-hydrogen) atoms. The van der Waals surface area contributed by atoms with Crippen LogP contribution in [0.15, 0.2) is 140 Å². The second-order valence-corrected chi connectivity index (χ2v) is 22.8. The van der Waals surface area contributed by atoms with E-state index in [9.17, 15) is 9.59 Å². The predicted molar refractivity (Wildman–Crippen MR) is 279 cm³/mol. The van der Waals surface area contributed by atoms with Crippen molar-refractivity contribution in [2.24, 2.45) is 10.8 Å². The molecule has 0 radical (unpaired) electrons. The lowest BCUT2D eigenvalue weighted by Gasteiger charge is -2.34. The zero-order valence-corrected chi connectivity index (χ0v) is 41.1. The van der Waals surface area contributed by atoms with Crippen molar-refractivity contribution in [1.82, 2.24) is 0 Å². The summed E-state index contributed by atoms with van der Waals surface area (Å²) in [6.45, 7) is 22.7. The van der Waals surface area contributed by atoms with E-state index in [1.165, 1.54) is 11.1 Å². The quantitative estimate of drug-likeness (QED) is 0.0618. The van der Waals surface area contributed by atoms with Gasteiger partial charge in [0.1, 0.15) is 23.0 Å². The molecule has 7 nitrogen and oxygen atoms in total. The molecule has 0 amide bonds. The van der Waals surface area contributed by atoms with E-state index in [0.717, 1.165) is 73.7 Å². The lowest BCUT2D eigenvalue weighted by Crippen LogP contribution is -2.24. The van der Waals surface area contributed by atoms with Crippen LogP contribution in [0.4, 0.5) is 17.1 Å². The van der Waals surface area contributed by atoms with Crippen LogP contribution in [-0.2, 0) is 15.6 Å². The summed E-state index contributed by atoms with van der Waals surface area (Å²) in [6, 6.07) is 46.9. The predicted octanol–water partition coefficient (Wildman–Crippen LogP) is 17.6. The third-order valence-electron chi connectivity index (χ3n) is 13.9. The minimum Gasteiger partial charge on any atom is -0.457 e. The van der Waals surface area contributed by atoms with Gasteiger partial charge in [-0.25, -0.2) is 9.59 Å². The van der Waals surface area contributed by atoms with Gasteiger partial charge in [0.25, 0.3) is 0 Å². The maximum atomic E-state index is 14.0. The fourth-order valence-corrected chi connectivity index (χ4v) is 11.8. The highest BCUT2D eigenvalue weighted by atomic mass is 16.6. The normalized spacial score (nSPS) is 14.0. The van der Waals surface area contributed by atoms with Gasteiger partial charge in [-0.2, -0.15) is 0 Å². The van der Waals surface area contributed by atoms with Crippen molar-refractivity contribution in [2.75, 3.05) is 4.90 Å². The molecule has 7 heteroatoms. The fraction of sp³-hybridized carbons (Fsp3) is 0.258. The number of rotatable bonds is 9. The highest BCUT2D eigenvalue weighted by Gasteiger charge is 2.36. The Bertz CT molecular complexity index is 3360. The highest BCUT2D eigenvalue weighted by molar-refractivity contribution is 6.40. The van der Waals surface area contributed by atoms with E-state index in [-0.39, 0.29) is 32.8 Å². The maximum absolute atomic E-state index is 14.0. The molecule has 0 fully saturated rings. The van der Waals surface area contributed by atoms with Gasteiger partial charge in [0.2, 0.25) is 0 Å². The maximum Gasteiger partial charge on any atom is 0.346 e. The second-order valence-electron chi connectivity index (χ2n) is 22.8. The number of anilines is 3. The molecule has 11 rings (SSSR count). The topological polar surface area (TPSA) is 74.3 Å². The number of fused-ring (bicyclic) bond motifs is 4. The molecule has 0 N–H and O–H groups in total. The number of cyclic esters (lactones) is 2. The Morgan fingerprint density at radius 3 is 1.35 bits per heavy atom. The van der Waals surface area contributed by atoms with Crippen LogP contribution in [0.3, 0.4) is 0 Å². The Balaban J connectivity index is 1.18. The summed E-state index contributed by atoms with van der Waals surface area (Å²) in [4.78, 5) is 30.2. The average molecular weight is 912 g/mol. The third-order valence-corrected chi connectivity index (χ3v) is 13.9. The molecule has 0 bridgehead atoms. The molecule has 0 spiro atoms. The molecule has 9 aromatic rings. The van der Waals surface area contributed by atoms with Crippen molar-refractivity contribution in [3.63, 3.8) is 0 Å². The van der Waals surface area contributed by atoms with E-state index in [1.54, 1.807) is 12.1 Å². The molecule has 0 aliphatic carbocycles. The molecule has 0 saturated heterocycles. The van der Waals surface area contributed by atoms with Crippen LogP contribution in [0.1, 0.15) is 114 Å². The van der Waals surface area contributed by atoms with Gasteiger partial charge in [-0.15, -0.1) is 0 Å². The van der Waals surface area contributed by atoms with Gasteiger partial charge >= 0.3 is 11.9 Å². The van der Waals surface area contributed by atoms with Gasteiger partial charge in [-0.1, -0.05) is 142 Å². The first kappa shape index (κ1) is 44.1. The van der Waals surface area contributed by atoms with Crippen molar-refractivity contribution in [3.8, 4) is 34.5 Å². The molecular formula is C62H57NO6. The monoisotopic (exact) mass is 911 g/mol. The number of ether oxygens (including phenoxy) is 4. The number of hydrogen-bond donors (Lipinski definition) is 0. The number of para-hydroxylation sites is 4. The number of carbonyl (C=O) groups is 2. The third kappa shape index (κ3) is 7.59. The fourth-order valence-electron chi connectivity index (χ4n) is 11.8. The van der Waals surface area contributed by atoms with Crippen molar-refractivity contribution < 1.29 is 28.5 Å². The Kier molecular flexibility index (Phi) is 9.96. The van der Waals surface area contributed by atoms with Crippen LogP contribution in [0.2, 0.25) is 0 Å². The number of carbonyl (C=O) groups excluding carboxylic acids is 2. The zero-order chi connectivity index (χ0) is 48.4. The van der Waals surface area contributed by atoms with Crippen LogP contribution < -0.4 is 19.1 Å². The van der Waals surface area contributed by atoms with Gasteiger partial charge in [0, 0.05) is 26.9 Å². The van der Waals surface area contributed by atoms with Gasteiger partial charge in [-0.3, -0.25) is 0 Å². The Morgan fingerprint density at radius 2 is 0.870 bits per heavy atom. The first-order chi connectivity index (χ1) is 32.7. The first-order valence-electron chi connectivity index (χ1n) is 24.0. The number of nitrogens with zero attached hydrogens (tertiary/aromatic N) is 1. The molecule has 2 heterocycles. The number of esters is 2. The minimum absolute atomic E-state index is 0.0740.